The number of hydrogen-bond acceptors (Lipinski definition) is 2. The Bertz CT molecular complexity index is 668. The third-order valence-electron chi connectivity index (χ3n) is 4.99. The molecule has 1 aromatic rings. The molecule has 3 atom stereocenters. The smallest absolute Gasteiger partial charge is 0.321 e. The fourth-order valence-corrected chi connectivity index (χ4v) is 4.07. The van der Waals surface area contributed by atoms with Crippen LogP contribution >= 0.6 is 0 Å². The zero-order valence-corrected chi connectivity index (χ0v) is 11.9. The maximum atomic E-state index is 12.8. The Kier molecular flexibility index (Phi) is 2.68. The highest BCUT2D eigenvalue weighted by Gasteiger charge is 2.58. The molecule has 0 spiro atoms. The second kappa shape index (κ2) is 4.45. The van der Waals surface area contributed by atoms with Gasteiger partial charge in [-0.25, -0.2) is 0 Å². The van der Waals surface area contributed by atoms with Crippen LogP contribution in [0.3, 0.4) is 0 Å². The minimum absolute atomic E-state index is 0.0908. The predicted octanol–water partition coefficient (Wildman–Crippen LogP) is 3.70. The van der Waals surface area contributed by atoms with Crippen LogP contribution in [-0.2, 0) is 14.9 Å². The average molecular weight is 278 g/mol. The maximum absolute atomic E-state index is 12.8. The van der Waals surface area contributed by atoms with Gasteiger partial charge in [0.25, 0.3) is 0 Å². The topological polar surface area (TPSA) is 26.3 Å². The lowest BCUT2D eigenvalue weighted by molar-refractivity contribution is -0.147. The summed E-state index contributed by atoms with van der Waals surface area (Å²) in [5.74, 6) is 0.227. The van der Waals surface area contributed by atoms with E-state index < -0.39 is 5.41 Å². The van der Waals surface area contributed by atoms with Gasteiger partial charge in [-0.1, -0.05) is 60.7 Å². The molecule has 2 nitrogen and oxygen atoms in total. The Morgan fingerprint density at radius 1 is 1.24 bits per heavy atom. The van der Waals surface area contributed by atoms with Gasteiger partial charge < -0.3 is 4.74 Å². The van der Waals surface area contributed by atoms with Gasteiger partial charge in [0.2, 0.25) is 0 Å². The minimum atomic E-state index is -0.660. The van der Waals surface area contributed by atoms with Crippen molar-refractivity contribution in [3.05, 3.63) is 71.8 Å². The number of benzene rings is 1. The molecule has 1 aliphatic heterocycles. The summed E-state index contributed by atoms with van der Waals surface area (Å²) in [6, 6.07) is 10.0. The van der Waals surface area contributed by atoms with E-state index in [4.69, 9.17) is 4.74 Å². The van der Waals surface area contributed by atoms with Gasteiger partial charge in [-0.3, -0.25) is 4.79 Å². The normalized spacial score (nSPS) is 34.0. The van der Waals surface area contributed by atoms with Gasteiger partial charge in [-0.2, -0.15) is 0 Å². The van der Waals surface area contributed by atoms with Crippen LogP contribution in [0.2, 0.25) is 0 Å². The van der Waals surface area contributed by atoms with Crippen LogP contribution < -0.4 is 0 Å². The quantitative estimate of drug-likeness (QED) is 0.578. The van der Waals surface area contributed by atoms with E-state index in [9.17, 15) is 4.79 Å². The Balaban J connectivity index is 1.98. The molecule has 2 heteroatoms. The van der Waals surface area contributed by atoms with E-state index in [1.165, 1.54) is 0 Å². The predicted molar refractivity (Wildman–Crippen MR) is 81.7 cm³/mol. The summed E-state index contributed by atoms with van der Waals surface area (Å²) in [7, 11) is 0. The van der Waals surface area contributed by atoms with Crippen molar-refractivity contribution in [1.29, 1.82) is 0 Å². The molecule has 21 heavy (non-hydrogen) atoms. The highest BCUT2D eigenvalue weighted by molar-refractivity contribution is 5.92. The molecule has 1 aromatic carbocycles. The Morgan fingerprint density at radius 3 is 2.86 bits per heavy atom. The molecule has 2 unspecified atom stereocenters. The molecule has 1 saturated carbocycles. The summed E-state index contributed by atoms with van der Waals surface area (Å²) in [6.45, 7) is 4.23. The lowest BCUT2D eigenvalue weighted by Crippen LogP contribution is -2.33. The van der Waals surface area contributed by atoms with E-state index >= 15 is 0 Å². The first-order valence-electron chi connectivity index (χ1n) is 7.52. The SMILES string of the molecule is C=C1CC2CC=CC=C3C2OC(=O)[C@]3(c2ccccc2)C1. The third kappa shape index (κ3) is 1.68. The fourth-order valence-electron chi connectivity index (χ4n) is 4.07. The van der Waals surface area contributed by atoms with Crippen LogP contribution in [0.4, 0.5) is 0 Å². The van der Waals surface area contributed by atoms with E-state index in [0.717, 1.165) is 29.6 Å². The first-order chi connectivity index (χ1) is 10.2. The first-order valence-corrected chi connectivity index (χ1v) is 7.52. The van der Waals surface area contributed by atoms with Gasteiger partial charge >= 0.3 is 5.97 Å². The van der Waals surface area contributed by atoms with Crippen LogP contribution in [0.25, 0.3) is 0 Å². The van der Waals surface area contributed by atoms with Gasteiger partial charge in [0.05, 0.1) is 0 Å². The summed E-state index contributed by atoms with van der Waals surface area (Å²) in [5.41, 5.74) is 2.65. The standard InChI is InChI=1S/C19H18O2/c1-13-11-14-7-5-6-10-16-17(14)21-18(20)19(16,12-13)15-8-3-2-4-9-15/h2-6,8-10,14,17H,1,7,11-12H2/t14?,17?,19-/m0/s1. The summed E-state index contributed by atoms with van der Waals surface area (Å²) >= 11 is 0. The van der Waals surface area contributed by atoms with Crippen LogP contribution in [0, 0.1) is 5.92 Å². The highest BCUT2D eigenvalue weighted by atomic mass is 16.6. The molecule has 1 saturated heterocycles. The maximum Gasteiger partial charge on any atom is 0.321 e. The first kappa shape index (κ1) is 12.6. The van der Waals surface area contributed by atoms with E-state index in [1.54, 1.807) is 0 Å². The van der Waals surface area contributed by atoms with Crippen molar-refractivity contribution in [2.45, 2.75) is 30.8 Å². The largest absolute Gasteiger partial charge is 0.457 e. The van der Waals surface area contributed by atoms with Crippen LogP contribution in [0.1, 0.15) is 24.8 Å². The molecule has 1 heterocycles. The van der Waals surface area contributed by atoms with Crippen molar-refractivity contribution in [3.63, 3.8) is 0 Å². The molecule has 0 amide bonds. The lowest BCUT2D eigenvalue weighted by atomic mass is 9.71. The van der Waals surface area contributed by atoms with Crippen molar-refractivity contribution in [2.75, 3.05) is 0 Å². The molecule has 0 N–H and O–H groups in total. The minimum Gasteiger partial charge on any atom is -0.457 e. The molecule has 2 fully saturated rings. The second-order valence-electron chi connectivity index (χ2n) is 6.27. The van der Waals surface area contributed by atoms with E-state index in [1.807, 2.05) is 30.3 Å². The molecule has 3 aliphatic rings. The number of carbonyl (C=O) groups is 1. The van der Waals surface area contributed by atoms with Gasteiger partial charge in [-0.15, -0.1) is 0 Å². The number of rotatable bonds is 1. The van der Waals surface area contributed by atoms with Crippen molar-refractivity contribution in [2.24, 2.45) is 5.92 Å². The van der Waals surface area contributed by atoms with E-state index in [0.29, 0.717) is 12.3 Å². The van der Waals surface area contributed by atoms with Crippen LogP contribution in [0.5, 0.6) is 0 Å². The molecule has 0 radical (unpaired) electrons. The van der Waals surface area contributed by atoms with Gasteiger partial charge in [0.1, 0.15) is 11.5 Å². The zero-order chi connectivity index (χ0) is 14.4. The Labute approximate surface area is 124 Å². The van der Waals surface area contributed by atoms with Crippen molar-refractivity contribution < 1.29 is 9.53 Å². The van der Waals surface area contributed by atoms with Gasteiger partial charge in [-0.05, 0) is 30.4 Å². The zero-order valence-electron chi connectivity index (χ0n) is 11.9. The molecular weight excluding hydrogens is 260 g/mol. The number of ether oxygens (including phenoxy) is 1. The Hall–Kier alpha value is -2.09. The number of carbonyl (C=O) groups excluding carboxylic acids is 1. The summed E-state index contributed by atoms with van der Waals surface area (Å²) in [4.78, 5) is 12.8. The Morgan fingerprint density at radius 2 is 2.05 bits per heavy atom. The number of esters is 1. The average Bonchev–Trinajstić information content (AvgIpc) is 2.62. The molecule has 2 aliphatic carbocycles. The highest BCUT2D eigenvalue weighted by Crippen LogP contribution is 2.53. The van der Waals surface area contributed by atoms with E-state index in [2.05, 4.69) is 24.8 Å². The molecule has 4 bridgehead atoms. The summed E-state index contributed by atoms with van der Waals surface area (Å²) < 4.78 is 5.83. The molecule has 106 valence electrons. The molecule has 4 rings (SSSR count). The number of hydrogen-bond donors (Lipinski definition) is 0. The van der Waals surface area contributed by atoms with Gasteiger partial charge in [0, 0.05) is 5.92 Å². The van der Waals surface area contributed by atoms with E-state index in [-0.39, 0.29) is 12.1 Å². The molecule has 0 aromatic heterocycles. The van der Waals surface area contributed by atoms with Gasteiger partial charge in [0.15, 0.2) is 0 Å². The second-order valence-corrected chi connectivity index (χ2v) is 6.27. The fraction of sp³-hybridized carbons (Fsp3) is 0.316. The van der Waals surface area contributed by atoms with Crippen molar-refractivity contribution in [1.82, 2.24) is 0 Å². The monoisotopic (exact) mass is 278 g/mol. The van der Waals surface area contributed by atoms with Crippen LogP contribution in [0.15, 0.2) is 66.3 Å². The van der Waals surface area contributed by atoms with Crippen LogP contribution in [-0.4, -0.2) is 12.1 Å². The third-order valence-corrected chi connectivity index (χ3v) is 4.99. The van der Waals surface area contributed by atoms with Crippen molar-refractivity contribution in [3.8, 4) is 0 Å². The molecular formula is C19H18O2. The summed E-state index contributed by atoms with van der Waals surface area (Å²) in [6.07, 6.45) is 8.82. The number of allylic oxidation sites excluding steroid dienone is 4. The summed E-state index contributed by atoms with van der Waals surface area (Å²) in [5, 5.41) is 0. The lowest BCUT2D eigenvalue weighted by Gasteiger charge is -2.27. The van der Waals surface area contributed by atoms with Crippen molar-refractivity contribution >= 4 is 5.97 Å².